The van der Waals surface area contributed by atoms with Crippen LogP contribution in [-0.4, -0.2) is 9.97 Å². The zero-order valence-electron chi connectivity index (χ0n) is 6.57. The summed E-state index contributed by atoms with van der Waals surface area (Å²) < 4.78 is 0. The molecule has 66 valence electrons. The Balaban J connectivity index is 2.52. The molecule has 2 N–H and O–H groups in total. The van der Waals surface area contributed by atoms with E-state index in [0.717, 1.165) is 10.6 Å². The highest BCUT2D eigenvalue weighted by atomic mass is 35.5. The molecule has 2 rings (SSSR count). The van der Waals surface area contributed by atoms with Crippen LogP contribution in [0.15, 0.2) is 23.8 Å². The van der Waals surface area contributed by atoms with Gasteiger partial charge < -0.3 is 5.73 Å². The second-order valence-electron chi connectivity index (χ2n) is 2.43. The van der Waals surface area contributed by atoms with Gasteiger partial charge >= 0.3 is 0 Å². The van der Waals surface area contributed by atoms with E-state index in [-0.39, 0.29) is 0 Å². The molecule has 0 bridgehead atoms. The molecule has 0 atom stereocenters. The Labute approximate surface area is 84.2 Å². The van der Waals surface area contributed by atoms with E-state index in [2.05, 4.69) is 9.97 Å². The number of pyridine rings is 1. The highest BCUT2D eigenvalue weighted by Gasteiger charge is 2.06. The molecule has 0 radical (unpaired) electrons. The van der Waals surface area contributed by atoms with Gasteiger partial charge in [0.1, 0.15) is 10.8 Å². The van der Waals surface area contributed by atoms with Gasteiger partial charge in [0.15, 0.2) is 0 Å². The van der Waals surface area contributed by atoms with E-state index >= 15 is 0 Å². The molecule has 0 saturated heterocycles. The molecule has 2 heterocycles. The summed E-state index contributed by atoms with van der Waals surface area (Å²) in [6.07, 6.45) is 3.27. The molecule has 0 fully saturated rings. The van der Waals surface area contributed by atoms with E-state index in [4.69, 9.17) is 17.3 Å². The minimum atomic E-state index is 0.521. The quantitative estimate of drug-likeness (QED) is 0.788. The van der Waals surface area contributed by atoms with Crippen LogP contribution < -0.4 is 5.73 Å². The zero-order valence-corrected chi connectivity index (χ0v) is 8.14. The first-order chi connectivity index (χ1) is 6.27. The van der Waals surface area contributed by atoms with Crippen molar-refractivity contribution >= 4 is 28.8 Å². The van der Waals surface area contributed by atoms with Gasteiger partial charge in [0.2, 0.25) is 0 Å². The molecule has 3 nitrogen and oxygen atoms in total. The van der Waals surface area contributed by atoms with Gasteiger partial charge in [-0.2, -0.15) is 0 Å². The number of anilines is 1. The molecule has 2 aromatic heterocycles. The van der Waals surface area contributed by atoms with Crippen LogP contribution in [0.4, 0.5) is 5.82 Å². The molecule has 5 heteroatoms. The van der Waals surface area contributed by atoms with Gasteiger partial charge in [0.05, 0.1) is 5.02 Å². The molecule has 0 aromatic carbocycles. The normalized spacial score (nSPS) is 10.2. The predicted octanol–water partition coefficient (Wildman–Crippen LogP) is 2.44. The summed E-state index contributed by atoms with van der Waals surface area (Å²) >= 11 is 7.40. The van der Waals surface area contributed by atoms with E-state index < -0.39 is 0 Å². The number of hydrogen-bond acceptors (Lipinski definition) is 4. The molecule has 0 aliphatic carbocycles. The largest absolute Gasteiger partial charge is 0.383 e. The number of thiazole rings is 1. The third kappa shape index (κ3) is 1.64. The van der Waals surface area contributed by atoms with E-state index in [9.17, 15) is 0 Å². The SMILES string of the molecule is Nc1csc(-c2ccncc2Cl)n1. The second kappa shape index (κ2) is 3.32. The van der Waals surface area contributed by atoms with Gasteiger partial charge in [-0.1, -0.05) is 11.6 Å². The topological polar surface area (TPSA) is 51.8 Å². The highest BCUT2D eigenvalue weighted by molar-refractivity contribution is 7.13. The van der Waals surface area contributed by atoms with Crippen molar-refractivity contribution in [3.8, 4) is 10.6 Å². The Morgan fingerprint density at radius 1 is 1.46 bits per heavy atom. The van der Waals surface area contributed by atoms with Crippen molar-refractivity contribution in [3.63, 3.8) is 0 Å². The average molecular weight is 212 g/mol. The molecule has 2 aromatic rings. The summed E-state index contributed by atoms with van der Waals surface area (Å²) in [6.45, 7) is 0. The highest BCUT2D eigenvalue weighted by Crippen LogP contribution is 2.29. The lowest BCUT2D eigenvalue weighted by molar-refractivity contribution is 1.32. The maximum Gasteiger partial charge on any atom is 0.135 e. The van der Waals surface area contributed by atoms with E-state index in [1.54, 1.807) is 17.8 Å². The van der Waals surface area contributed by atoms with Crippen LogP contribution >= 0.6 is 22.9 Å². The van der Waals surface area contributed by atoms with Crippen LogP contribution in [0.2, 0.25) is 5.02 Å². The van der Waals surface area contributed by atoms with Gasteiger partial charge in [-0.25, -0.2) is 4.98 Å². The number of halogens is 1. The van der Waals surface area contributed by atoms with Crippen LogP contribution in [0, 0.1) is 0 Å². The van der Waals surface area contributed by atoms with Crippen LogP contribution in [0.5, 0.6) is 0 Å². The average Bonchev–Trinajstić information content (AvgIpc) is 2.53. The summed E-state index contributed by atoms with van der Waals surface area (Å²) in [5, 5.41) is 3.20. The molecule has 0 saturated carbocycles. The van der Waals surface area contributed by atoms with Crippen molar-refractivity contribution in [2.24, 2.45) is 0 Å². The number of aromatic nitrogens is 2. The first-order valence-electron chi connectivity index (χ1n) is 3.58. The van der Waals surface area contributed by atoms with Crippen molar-refractivity contribution in [1.29, 1.82) is 0 Å². The third-order valence-electron chi connectivity index (χ3n) is 1.52. The molecule has 0 spiro atoms. The smallest absolute Gasteiger partial charge is 0.135 e. The summed E-state index contributed by atoms with van der Waals surface area (Å²) in [6, 6.07) is 1.82. The maximum absolute atomic E-state index is 5.93. The number of hydrogen-bond donors (Lipinski definition) is 1. The van der Waals surface area contributed by atoms with E-state index in [0.29, 0.717) is 10.8 Å². The monoisotopic (exact) mass is 211 g/mol. The Hall–Kier alpha value is -1.13. The maximum atomic E-state index is 5.93. The first-order valence-corrected chi connectivity index (χ1v) is 4.84. The summed E-state index contributed by atoms with van der Waals surface area (Å²) in [7, 11) is 0. The number of nitrogens with zero attached hydrogens (tertiary/aromatic N) is 2. The number of nitrogen functional groups attached to an aromatic ring is 1. The van der Waals surface area contributed by atoms with Crippen molar-refractivity contribution in [2.45, 2.75) is 0 Å². The minimum Gasteiger partial charge on any atom is -0.383 e. The number of rotatable bonds is 1. The lowest BCUT2D eigenvalue weighted by Crippen LogP contribution is -1.84. The van der Waals surface area contributed by atoms with Crippen LogP contribution in [0.25, 0.3) is 10.6 Å². The molecular formula is C8H6ClN3S. The fourth-order valence-corrected chi connectivity index (χ4v) is 1.97. The molecule has 0 unspecified atom stereocenters. The van der Waals surface area contributed by atoms with Gasteiger partial charge in [-0.15, -0.1) is 11.3 Å². The van der Waals surface area contributed by atoms with Crippen molar-refractivity contribution in [1.82, 2.24) is 9.97 Å². The fraction of sp³-hybridized carbons (Fsp3) is 0. The Kier molecular flexibility index (Phi) is 2.16. The summed E-state index contributed by atoms with van der Waals surface area (Å²) in [4.78, 5) is 8.02. The van der Waals surface area contributed by atoms with Gasteiger partial charge in [0, 0.05) is 23.3 Å². The van der Waals surface area contributed by atoms with Crippen molar-refractivity contribution < 1.29 is 0 Å². The summed E-state index contributed by atoms with van der Waals surface area (Å²) in [5.74, 6) is 0.521. The lowest BCUT2D eigenvalue weighted by atomic mass is 10.3. The van der Waals surface area contributed by atoms with Gasteiger partial charge in [-0.3, -0.25) is 4.98 Å². The van der Waals surface area contributed by atoms with Crippen molar-refractivity contribution in [3.05, 3.63) is 28.9 Å². The summed E-state index contributed by atoms with van der Waals surface area (Å²) in [5.41, 5.74) is 6.38. The Bertz CT molecular complexity index is 427. The lowest BCUT2D eigenvalue weighted by Gasteiger charge is -1.96. The van der Waals surface area contributed by atoms with E-state index in [1.807, 2.05) is 6.07 Å². The zero-order chi connectivity index (χ0) is 9.26. The van der Waals surface area contributed by atoms with E-state index in [1.165, 1.54) is 11.3 Å². The Morgan fingerprint density at radius 3 is 2.92 bits per heavy atom. The van der Waals surface area contributed by atoms with Gasteiger partial charge in [-0.05, 0) is 6.07 Å². The van der Waals surface area contributed by atoms with Crippen LogP contribution in [0.3, 0.4) is 0 Å². The molecular weight excluding hydrogens is 206 g/mol. The fourth-order valence-electron chi connectivity index (χ4n) is 0.958. The van der Waals surface area contributed by atoms with Gasteiger partial charge in [0.25, 0.3) is 0 Å². The predicted molar refractivity (Wildman–Crippen MR) is 54.8 cm³/mol. The molecule has 13 heavy (non-hydrogen) atoms. The molecule has 0 aliphatic heterocycles. The third-order valence-corrected chi connectivity index (χ3v) is 2.72. The second-order valence-corrected chi connectivity index (χ2v) is 3.70. The standard InChI is InChI=1S/C8H6ClN3S/c9-6-3-11-2-1-5(6)8-12-7(10)4-13-8/h1-4H,10H2. The molecule has 0 aliphatic rings. The minimum absolute atomic E-state index is 0.521. The van der Waals surface area contributed by atoms with Crippen LogP contribution in [0.1, 0.15) is 0 Å². The van der Waals surface area contributed by atoms with Crippen molar-refractivity contribution in [2.75, 3.05) is 5.73 Å². The molecule has 0 amide bonds. The number of nitrogens with two attached hydrogens (primary N) is 1. The first kappa shape index (κ1) is 8.47. The van der Waals surface area contributed by atoms with Crippen LogP contribution in [-0.2, 0) is 0 Å². The Morgan fingerprint density at radius 2 is 2.31 bits per heavy atom.